The Morgan fingerprint density at radius 1 is 1.21 bits per heavy atom. The molecule has 2 aromatic rings. The Kier molecular flexibility index (Phi) is 4.43. The number of phenolic OH excluding ortho intramolecular Hbond substituents is 1. The highest BCUT2D eigenvalue weighted by molar-refractivity contribution is 14.1. The fraction of sp³-hybridized carbons (Fsp3) is 0.0588. The standard InChI is InChI=1S/C17H13IN2O4/c1-24-14-9-10(8-13(18)15(14)21)7-12-16(22)19-20(17(12)23)11-5-3-2-4-6-11/h2-9,21H,1H3,(H,19,22)/b12-7+. The molecule has 1 heterocycles. The number of hydrogen-bond acceptors (Lipinski definition) is 4. The van der Waals surface area contributed by atoms with Gasteiger partial charge in [-0.2, -0.15) is 0 Å². The van der Waals surface area contributed by atoms with Crippen LogP contribution >= 0.6 is 22.6 Å². The third-order valence-corrected chi connectivity index (χ3v) is 4.31. The topological polar surface area (TPSA) is 78.9 Å². The molecule has 0 atom stereocenters. The highest BCUT2D eigenvalue weighted by atomic mass is 127. The Labute approximate surface area is 151 Å². The largest absolute Gasteiger partial charge is 0.504 e. The number of hydrazine groups is 1. The number of nitrogens with zero attached hydrogens (tertiary/aromatic N) is 1. The minimum Gasteiger partial charge on any atom is -0.504 e. The van der Waals surface area contributed by atoms with E-state index in [2.05, 4.69) is 5.43 Å². The maximum absolute atomic E-state index is 12.5. The maximum Gasteiger partial charge on any atom is 0.282 e. The van der Waals surface area contributed by atoms with Crippen LogP contribution in [0.3, 0.4) is 0 Å². The summed E-state index contributed by atoms with van der Waals surface area (Å²) < 4.78 is 5.65. The third-order valence-electron chi connectivity index (χ3n) is 3.49. The first-order valence-corrected chi connectivity index (χ1v) is 8.08. The van der Waals surface area contributed by atoms with E-state index in [-0.39, 0.29) is 17.1 Å². The molecule has 1 aliphatic rings. The van der Waals surface area contributed by atoms with Crippen LogP contribution in [0.15, 0.2) is 48.0 Å². The average molecular weight is 436 g/mol. The van der Waals surface area contributed by atoms with Crippen molar-refractivity contribution < 1.29 is 19.4 Å². The van der Waals surface area contributed by atoms with Crippen LogP contribution in [-0.2, 0) is 9.59 Å². The van der Waals surface area contributed by atoms with Gasteiger partial charge in [0.05, 0.1) is 16.4 Å². The van der Waals surface area contributed by atoms with Gasteiger partial charge in [0.2, 0.25) is 0 Å². The molecule has 0 saturated carbocycles. The van der Waals surface area contributed by atoms with Crippen molar-refractivity contribution in [3.63, 3.8) is 0 Å². The van der Waals surface area contributed by atoms with E-state index in [1.165, 1.54) is 18.2 Å². The summed E-state index contributed by atoms with van der Waals surface area (Å²) in [6.07, 6.45) is 1.48. The Morgan fingerprint density at radius 3 is 2.58 bits per heavy atom. The van der Waals surface area contributed by atoms with Gasteiger partial charge in [0.1, 0.15) is 5.57 Å². The van der Waals surface area contributed by atoms with Gasteiger partial charge in [-0.25, -0.2) is 5.01 Å². The lowest BCUT2D eigenvalue weighted by atomic mass is 10.1. The lowest BCUT2D eigenvalue weighted by Gasteiger charge is -2.13. The number of hydrogen-bond donors (Lipinski definition) is 2. The number of para-hydroxylation sites is 1. The number of anilines is 1. The molecular weight excluding hydrogens is 423 g/mol. The number of rotatable bonds is 3. The Balaban J connectivity index is 1.98. The zero-order valence-corrected chi connectivity index (χ0v) is 14.8. The van der Waals surface area contributed by atoms with Crippen LogP contribution in [0.1, 0.15) is 5.56 Å². The van der Waals surface area contributed by atoms with Gasteiger partial charge in [0.25, 0.3) is 11.8 Å². The van der Waals surface area contributed by atoms with Gasteiger partial charge in [0, 0.05) is 0 Å². The number of carbonyl (C=O) groups is 2. The molecule has 3 rings (SSSR count). The minimum atomic E-state index is -0.481. The normalized spacial score (nSPS) is 15.8. The number of phenols is 1. The third kappa shape index (κ3) is 2.94. The molecular formula is C17H13IN2O4. The first kappa shape index (κ1) is 16.3. The van der Waals surface area contributed by atoms with Crippen LogP contribution in [0.5, 0.6) is 11.5 Å². The predicted octanol–water partition coefficient (Wildman–Crippen LogP) is 2.47. The van der Waals surface area contributed by atoms with Crippen molar-refractivity contribution in [2.45, 2.75) is 0 Å². The quantitative estimate of drug-likeness (QED) is 0.441. The molecule has 1 saturated heterocycles. The molecule has 122 valence electrons. The first-order chi connectivity index (χ1) is 11.5. The number of carbonyl (C=O) groups excluding carboxylic acids is 2. The summed E-state index contributed by atoms with van der Waals surface area (Å²) in [6.45, 7) is 0. The van der Waals surface area contributed by atoms with E-state index in [0.717, 1.165) is 0 Å². The van der Waals surface area contributed by atoms with Gasteiger partial charge >= 0.3 is 0 Å². The van der Waals surface area contributed by atoms with Crippen LogP contribution in [0, 0.1) is 3.57 Å². The monoisotopic (exact) mass is 436 g/mol. The molecule has 1 fully saturated rings. The van der Waals surface area contributed by atoms with Crippen molar-refractivity contribution in [2.24, 2.45) is 0 Å². The molecule has 1 aliphatic heterocycles. The lowest BCUT2D eigenvalue weighted by Crippen LogP contribution is -2.35. The van der Waals surface area contributed by atoms with Crippen molar-refractivity contribution in [1.29, 1.82) is 0 Å². The average Bonchev–Trinajstić information content (AvgIpc) is 2.87. The van der Waals surface area contributed by atoms with Crippen LogP contribution in [0.2, 0.25) is 0 Å². The van der Waals surface area contributed by atoms with E-state index >= 15 is 0 Å². The second-order valence-electron chi connectivity index (χ2n) is 5.03. The van der Waals surface area contributed by atoms with Crippen LogP contribution in [0.25, 0.3) is 6.08 Å². The Hall–Kier alpha value is -2.55. The van der Waals surface area contributed by atoms with Crippen LogP contribution < -0.4 is 15.2 Å². The van der Waals surface area contributed by atoms with Crippen molar-refractivity contribution in [3.8, 4) is 11.5 Å². The molecule has 0 aliphatic carbocycles. The molecule has 7 heteroatoms. The van der Waals surface area contributed by atoms with Gasteiger partial charge in [0.15, 0.2) is 11.5 Å². The predicted molar refractivity (Wildman–Crippen MR) is 97.4 cm³/mol. The number of nitrogens with one attached hydrogen (secondary N) is 1. The Morgan fingerprint density at radius 2 is 1.92 bits per heavy atom. The van der Waals surface area contributed by atoms with E-state index in [0.29, 0.717) is 14.8 Å². The Bertz CT molecular complexity index is 849. The highest BCUT2D eigenvalue weighted by Crippen LogP contribution is 2.33. The molecule has 6 nitrogen and oxygen atoms in total. The number of benzene rings is 2. The number of ether oxygens (including phenoxy) is 1. The summed E-state index contributed by atoms with van der Waals surface area (Å²) in [5, 5.41) is 11.1. The molecule has 2 aromatic carbocycles. The molecule has 0 unspecified atom stereocenters. The minimum absolute atomic E-state index is 0.0161. The molecule has 2 amide bonds. The van der Waals surface area contributed by atoms with E-state index < -0.39 is 11.8 Å². The van der Waals surface area contributed by atoms with Crippen molar-refractivity contribution >= 4 is 46.2 Å². The van der Waals surface area contributed by atoms with Crippen molar-refractivity contribution in [2.75, 3.05) is 12.1 Å². The van der Waals surface area contributed by atoms with Gasteiger partial charge < -0.3 is 9.84 Å². The van der Waals surface area contributed by atoms with Gasteiger partial charge in [-0.05, 0) is 58.5 Å². The van der Waals surface area contributed by atoms with Crippen molar-refractivity contribution in [3.05, 3.63) is 57.2 Å². The van der Waals surface area contributed by atoms with Crippen LogP contribution in [0.4, 0.5) is 5.69 Å². The second-order valence-corrected chi connectivity index (χ2v) is 6.19. The number of methoxy groups -OCH3 is 1. The summed E-state index contributed by atoms with van der Waals surface area (Å²) >= 11 is 1.95. The van der Waals surface area contributed by atoms with Gasteiger partial charge in [-0.1, -0.05) is 18.2 Å². The molecule has 24 heavy (non-hydrogen) atoms. The summed E-state index contributed by atoms with van der Waals surface area (Å²) in [5.74, 6) is -0.618. The smallest absolute Gasteiger partial charge is 0.282 e. The summed E-state index contributed by atoms with van der Waals surface area (Å²) in [5.41, 5.74) is 3.72. The summed E-state index contributed by atoms with van der Waals surface area (Å²) in [7, 11) is 1.44. The molecule has 2 N–H and O–H groups in total. The summed E-state index contributed by atoms with van der Waals surface area (Å²) in [6, 6.07) is 12.1. The molecule has 0 spiro atoms. The number of aromatic hydroxyl groups is 1. The maximum atomic E-state index is 12.5. The summed E-state index contributed by atoms with van der Waals surface area (Å²) in [4.78, 5) is 24.7. The van der Waals surface area contributed by atoms with E-state index in [1.807, 2.05) is 28.7 Å². The first-order valence-electron chi connectivity index (χ1n) is 7.00. The fourth-order valence-corrected chi connectivity index (χ4v) is 2.94. The van der Waals surface area contributed by atoms with Gasteiger partial charge in [-0.15, -0.1) is 0 Å². The number of halogens is 1. The number of amides is 2. The van der Waals surface area contributed by atoms with E-state index in [4.69, 9.17) is 4.74 Å². The fourth-order valence-electron chi connectivity index (χ4n) is 2.32. The van der Waals surface area contributed by atoms with E-state index in [9.17, 15) is 14.7 Å². The van der Waals surface area contributed by atoms with E-state index in [1.54, 1.807) is 36.4 Å². The second kappa shape index (κ2) is 6.52. The SMILES string of the molecule is COc1cc(/C=C2\C(=O)NN(c3ccccc3)C2=O)cc(I)c1O. The van der Waals surface area contributed by atoms with Gasteiger partial charge in [-0.3, -0.25) is 15.0 Å². The zero-order chi connectivity index (χ0) is 17.3. The molecule has 0 radical (unpaired) electrons. The zero-order valence-electron chi connectivity index (χ0n) is 12.6. The molecule has 0 bridgehead atoms. The lowest BCUT2D eigenvalue weighted by molar-refractivity contribution is -0.117. The van der Waals surface area contributed by atoms with Crippen molar-refractivity contribution in [1.82, 2.24) is 5.43 Å². The molecule has 0 aromatic heterocycles. The van der Waals surface area contributed by atoms with Crippen LogP contribution in [-0.4, -0.2) is 24.0 Å². The highest BCUT2D eigenvalue weighted by Gasteiger charge is 2.34.